The fourth-order valence-electron chi connectivity index (χ4n) is 2.12. The molecule has 0 atom stereocenters. The van der Waals surface area contributed by atoms with E-state index in [1.165, 1.54) is 4.90 Å². The van der Waals surface area contributed by atoms with Crippen LogP contribution in [0, 0.1) is 6.92 Å². The van der Waals surface area contributed by atoms with Crippen LogP contribution in [0.5, 0.6) is 0 Å². The van der Waals surface area contributed by atoms with Gasteiger partial charge in [0.1, 0.15) is 12.4 Å². The molecular formula is C15H24F3N3. The highest BCUT2D eigenvalue weighted by Crippen LogP contribution is 2.24. The number of pyridine rings is 1. The van der Waals surface area contributed by atoms with Crippen molar-refractivity contribution >= 4 is 5.82 Å². The Hall–Kier alpha value is -1.30. The van der Waals surface area contributed by atoms with Gasteiger partial charge in [-0.2, -0.15) is 13.2 Å². The van der Waals surface area contributed by atoms with Crippen molar-refractivity contribution in [3.8, 4) is 0 Å². The number of anilines is 1. The van der Waals surface area contributed by atoms with E-state index in [0.29, 0.717) is 31.4 Å². The second-order valence-electron chi connectivity index (χ2n) is 5.56. The third kappa shape index (κ3) is 6.33. The van der Waals surface area contributed by atoms with Crippen LogP contribution in [-0.2, 0) is 6.54 Å². The molecule has 0 aliphatic carbocycles. The van der Waals surface area contributed by atoms with Crippen LogP contribution in [0.4, 0.5) is 19.0 Å². The number of rotatable bonds is 7. The molecule has 120 valence electrons. The zero-order chi connectivity index (χ0) is 16.0. The van der Waals surface area contributed by atoms with Crippen molar-refractivity contribution < 1.29 is 13.2 Å². The van der Waals surface area contributed by atoms with Gasteiger partial charge in [-0.15, -0.1) is 0 Å². The average molecular weight is 303 g/mol. The van der Waals surface area contributed by atoms with Crippen molar-refractivity contribution in [2.75, 3.05) is 18.0 Å². The largest absolute Gasteiger partial charge is 0.405 e. The Morgan fingerprint density at radius 1 is 1.33 bits per heavy atom. The lowest BCUT2D eigenvalue weighted by molar-refractivity contribution is -0.119. The van der Waals surface area contributed by atoms with Crippen molar-refractivity contribution in [1.82, 2.24) is 10.3 Å². The molecule has 0 amide bonds. The highest BCUT2D eigenvalue weighted by Gasteiger charge is 2.31. The lowest BCUT2D eigenvalue weighted by atomic mass is 10.2. The maximum Gasteiger partial charge on any atom is 0.405 e. The number of aryl methyl sites for hydroxylation is 1. The molecule has 0 aliphatic heterocycles. The molecule has 0 saturated carbocycles. The Balaban J connectivity index is 2.89. The normalized spacial score (nSPS) is 12.0. The molecule has 0 bridgehead atoms. The minimum atomic E-state index is -4.22. The quantitative estimate of drug-likeness (QED) is 0.833. The van der Waals surface area contributed by atoms with Gasteiger partial charge >= 0.3 is 6.18 Å². The standard InChI is InChI=1S/C15H24F3N3/c1-5-6-21(10-15(16,17)18)14-12(4)7-13(9-20-14)8-19-11(2)3/h7,9,11,19H,5-6,8,10H2,1-4H3. The van der Waals surface area contributed by atoms with E-state index in [-0.39, 0.29) is 0 Å². The van der Waals surface area contributed by atoms with Crippen LogP contribution in [0.25, 0.3) is 0 Å². The summed E-state index contributed by atoms with van der Waals surface area (Å²) < 4.78 is 38.0. The van der Waals surface area contributed by atoms with Crippen molar-refractivity contribution in [2.45, 2.75) is 52.9 Å². The summed E-state index contributed by atoms with van der Waals surface area (Å²) in [6.45, 7) is 7.80. The van der Waals surface area contributed by atoms with E-state index in [4.69, 9.17) is 0 Å². The monoisotopic (exact) mass is 303 g/mol. The highest BCUT2D eigenvalue weighted by atomic mass is 19.4. The summed E-state index contributed by atoms with van der Waals surface area (Å²) in [6, 6.07) is 2.25. The van der Waals surface area contributed by atoms with Crippen LogP contribution in [0.15, 0.2) is 12.3 Å². The van der Waals surface area contributed by atoms with Crippen LogP contribution in [0.2, 0.25) is 0 Å². The Morgan fingerprint density at radius 3 is 2.48 bits per heavy atom. The van der Waals surface area contributed by atoms with Gasteiger partial charge in [0.2, 0.25) is 0 Å². The molecule has 0 spiro atoms. The SMILES string of the molecule is CCCN(CC(F)(F)F)c1ncc(CNC(C)C)cc1C. The van der Waals surface area contributed by atoms with Crippen molar-refractivity contribution in [3.63, 3.8) is 0 Å². The molecule has 3 nitrogen and oxygen atoms in total. The first-order valence-corrected chi connectivity index (χ1v) is 7.23. The number of alkyl halides is 3. The topological polar surface area (TPSA) is 28.2 Å². The maximum absolute atomic E-state index is 12.7. The third-order valence-electron chi connectivity index (χ3n) is 2.98. The fraction of sp³-hybridized carbons (Fsp3) is 0.667. The van der Waals surface area contributed by atoms with Crippen molar-refractivity contribution in [3.05, 3.63) is 23.4 Å². The first kappa shape index (κ1) is 17.8. The molecule has 0 fully saturated rings. The average Bonchev–Trinajstić information content (AvgIpc) is 2.34. The molecule has 1 rings (SSSR count). The number of aromatic nitrogens is 1. The molecule has 1 aromatic heterocycles. The number of hydrogen-bond donors (Lipinski definition) is 1. The summed E-state index contributed by atoms with van der Waals surface area (Å²) in [6.07, 6.45) is -1.92. The van der Waals surface area contributed by atoms with Gasteiger partial charge in [0.25, 0.3) is 0 Å². The summed E-state index contributed by atoms with van der Waals surface area (Å²) in [7, 11) is 0. The van der Waals surface area contributed by atoms with Crippen molar-refractivity contribution in [1.29, 1.82) is 0 Å². The number of nitrogens with zero attached hydrogens (tertiary/aromatic N) is 2. The summed E-state index contributed by atoms with van der Waals surface area (Å²) in [5, 5.41) is 3.27. The molecule has 0 aliphatic rings. The van der Waals surface area contributed by atoms with Crippen molar-refractivity contribution in [2.24, 2.45) is 0 Å². The zero-order valence-corrected chi connectivity index (χ0v) is 13.1. The summed E-state index contributed by atoms with van der Waals surface area (Å²) >= 11 is 0. The van der Waals surface area contributed by atoms with E-state index in [1.807, 2.05) is 26.8 Å². The van der Waals surface area contributed by atoms with Gasteiger partial charge < -0.3 is 10.2 Å². The molecule has 0 unspecified atom stereocenters. The Bertz CT molecular complexity index is 444. The number of hydrogen-bond acceptors (Lipinski definition) is 3. The van der Waals surface area contributed by atoms with Gasteiger partial charge in [0.15, 0.2) is 0 Å². The van der Waals surface area contributed by atoms with Gasteiger partial charge in [-0.05, 0) is 30.5 Å². The van der Waals surface area contributed by atoms with Crippen LogP contribution < -0.4 is 10.2 Å². The fourth-order valence-corrected chi connectivity index (χ4v) is 2.12. The Morgan fingerprint density at radius 2 is 2.00 bits per heavy atom. The van der Waals surface area contributed by atoms with Gasteiger partial charge in [-0.3, -0.25) is 0 Å². The molecule has 0 saturated heterocycles. The molecule has 6 heteroatoms. The summed E-state index contributed by atoms with van der Waals surface area (Å²) in [5.74, 6) is 0.419. The number of halogens is 3. The van der Waals surface area contributed by atoms with Gasteiger partial charge in [-0.1, -0.05) is 20.8 Å². The van der Waals surface area contributed by atoms with E-state index >= 15 is 0 Å². The smallest absolute Gasteiger partial charge is 0.347 e. The Kier molecular flexibility index (Phi) is 6.45. The zero-order valence-electron chi connectivity index (χ0n) is 13.1. The van der Waals surface area contributed by atoms with Crippen LogP contribution in [-0.4, -0.2) is 30.3 Å². The predicted molar refractivity (Wildman–Crippen MR) is 79.5 cm³/mol. The molecule has 0 aromatic carbocycles. The molecular weight excluding hydrogens is 279 g/mol. The van der Waals surface area contributed by atoms with Gasteiger partial charge in [0, 0.05) is 25.3 Å². The first-order valence-electron chi connectivity index (χ1n) is 7.23. The van der Waals surface area contributed by atoms with E-state index in [9.17, 15) is 13.2 Å². The second kappa shape index (κ2) is 7.64. The summed E-state index contributed by atoms with van der Waals surface area (Å²) in [4.78, 5) is 5.55. The predicted octanol–water partition coefficient (Wildman–Crippen LogP) is 3.67. The van der Waals surface area contributed by atoms with E-state index in [0.717, 1.165) is 11.1 Å². The maximum atomic E-state index is 12.7. The van der Waals surface area contributed by atoms with E-state index < -0.39 is 12.7 Å². The Labute approximate surface area is 124 Å². The minimum absolute atomic E-state index is 0.344. The van der Waals surface area contributed by atoms with Gasteiger partial charge in [-0.25, -0.2) is 4.98 Å². The number of nitrogens with one attached hydrogen (secondary N) is 1. The molecule has 1 heterocycles. The molecule has 1 aromatic rings. The summed E-state index contributed by atoms with van der Waals surface area (Å²) in [5.41, 5.74) is 1.75. The lowest BCUT2D eigenvalue weighted by Gasteiger charge is -2.26. The van der Waals surface area contributed by atoms with Crippen LogP contribution >= 0.6 is 0 Å². The highest BCUT2D eigenvalue weighted by molar-refractivity contribution is 5.47. The lowest BCUT2D eigenvalue weighted by Crippen LogP contribution is -2.36. The molecule has 0 radical (unpaired) electrons. The van der Waals surface area contributed by atoms with Crippen LogP contribution in [0.1, 0.15) is 38.3 Å². The molecule has 1 N–H and O–H groups in total. The van der Waals surface area contributed by atoms with Gasteiger partial charge in [0.05, 0.1) is 0 Å². The first-order chi connectivity index (χ1) is 9.73. The van der Waals surface area contributed by atoms with Crippen LogP contribution in [0.3, 0.4) is 0 Å². The molecule has 21 heavy (non-hydrogen) atoms. The van der Waals surface area contributed by atoms with E-state index in [2.05, 4.69) is 10.3 Å². The van der Waals surface area contributed by atoms with E-state index in [1.54, 1.807) is 13.1 Å². The second-order valence-corrected chi connectivity index (χ2v) is 5.56. The minimum Gasteiger partial charge on any atom is -0.347 e. The third-order valence-corrected chi connectivity index (χ3v) is 2.98.